The molecule has 2 aromatic heterocycles. The molecular weight excluding hydrogens is 460 g/mol. The van der Waals surface area contributed by atoms with Crippen molar-refractivity contribution in [3.8, 4) is 22.4 Å². The molecule has 0 spiro atoms. The van der Waals surface area contributed by atoms with Gasteiger partial charge < -0.3 is 14.6 Å². The second-order valence-corrected chi connectivity index (χ2v) is 10.2. The summed E-state index contributed by atoms with van der Waals surface area (Å²) in [6, 6.07) is 22.4. The molecule has 0 aliphatic carbocycles. The molecule has 0 saturated carbocycles. The standard InChI is InChI=1S/C28H31ClN4O2/c1-28(2,35)27(34)32-16-14-31(15-17-32)19-24-26(21-8-11-23(29)12-9-21)30-25-13-10-22(18-33(24)25)20-6-4-3-5-7-20/h3-13,18,27,34-35H,14-17,19H2,1-2H3. The fourth-order valence-corrected chi connectivity index (χ4v) is 4.84. The van der Waals surface area contributed by atoms with Gasteiger partial charge in [0.1, 0.15) is 11.9 Å². The quantitative estimate of drug-likeness (QED) is 0.416. The number of pyridine rings is 1. The summed E-state index contributed by atoms with van der Waals surface area (Å²) in [5, 5.41) is 21.4. The molecule has 0 radical (unpaired) electrons. The van der Waals surface area contributed by atoms with E-state index in [0.29, 0.717) is 18.1 Å². The van der Waals surface area contributed by atoms with E-state index in [1.165, 1.54) is 0 Å². The molecule has 1 fully saturated rings. The lowest BCUT2D eigenvalue weighted by atomic mass is 10.1. The second-order valence-electron chi connectivity index (χ2n) is 9.77. The van der Waals surface area contributed by atoms with Crippen LogP contribution in [-0.4, -0.2) is 67.4 Å². The number of benzene rings is 2. The highest BCUT2D eigenvalue weighted by molar-refractivity contribution is 6.30. The average molecular weight is 491 g/mol. The molecule has 1 aliphatic rings. The first-order chi connectivity index (χ1) is 16.8. The van der Waals surface area contributed by atoms with Crippen LogP contribution >= 0.6 is 11.6 Å². The minimum atomic E-state index is -1.15. The van der Waals surface area contributed by atoms with Crippen LogP contribution in [0.15, 0.2) is 72.9 Å². The zero-order valence-electron chi connectivity index (χ0n) is 20.1. The SMILES string of the molecule is CC(C)(O)C(O)N1CCN(Cc2c(-c3ccc(Cl)cc3)nc3ccc(-c4ccccc4)cn23)CC1. The lowest BCUT2D eigenvalue weighted by Crippen LogP contribution is -2.56. The zero-order valence-corrected chi connectivity index (χ0v) is 20.9. The van der Waals surface area contributed by atoms with Crippen molar-refractivity contribution in [2.75, 3.05) is 26.2 Å². The highest BCUT2D eigenvalue weighted by Crippen LogP contribution is 2.29. The van der Waals surface area contributed by atoms with Crippen LogP contribution in [0.25, 0.3) is 28.0 Å². The van der Waals surface area contributed by atoms with Gasteiger partial charge in [0.25, 0.3) is 0 Å². The van der Waals surface area contributed by atoms with Gasteiger partial charge in [-0.25, -0.2) is 4.98 Å². The minimum Gasteiger partial charge on any atom is -0.386 e. The Morgan fingerprint density at radius 1 is 0.886 bits per heavy atom. The summed E-state index contributed by atoms with van der Waals surface area (Å²) in [6.45, 7) is 6.97. The molecule has 2 N–H and O–H groups in total. The summed E-state index contributed by atoms with van der Waals surface area (Å²) in [5.74, 6) is 0. The predicted octanol–water partition coefficient (Wildman–Crippen LogP) is 4.53. The van der Waals surface area contributed by atoms with Crippen molar-refractivity contribution in [1.29, 1.82) is 0 Å². The van der Waals surface area contributed by atoms with Crippen LogP contribution in [0.5, 0.6) is 0 Å². The van der Waals surface area contributed by atoms with E-state index < -0.39 is 11.8 Å². The molecule has 1 saturated heterocycles. The Kier molecular flexibility index (Phi) is 6.66. The summed E-state index contributed by atoms with van der Waals surface area (Å²) in [5.41, 5.74) is 5.15. The van der Waals surface area contributed by atoms with Gasteiger partial charge in [-0.2, -0.15) is 0 Å². The van der Waals surface area contributed by atoms with Gasteiger partial charge in [-0.1, -0.05) is 54.1 Å². The lowest BCUT2D eigenvalue weighted by molar-refractivity contribution is -0.140. The number of hydrogen-bond acceptors (Lipinski definition) is 5. The number of aromatic nitrogens is 2. The van der Waals surface area contributed by atoms with Crippen molar-refractivity contribution in [3.63, 3.8) is 0 Å². The van der Waals surface area contributed by atoms with Gasteiger partial charge in [0, 0.05) is 49.5 Å². The third kappa shape index (κ3) is 5.13. The van der Waals surface area contributed by atoms with Gasteiger partial charge in [0.15, 0.2) is 0 Å². The van der Waals surface area contributed by atoms with Gasteiger partial charge >= 0.3 is 0 Å². The highest BCUT2D eigenvalue weighted by atomic mass is 35.5. The number of hydrogen-bond donors (Lipinski definition) is 2. The highest BCUT2D eigenvalue weighted by Gasteiger charge is 2.32. The van der Waals surface area contributed by atoms with Crippen LogP contribution in [0.4, 0.5) is 0 Å². The Bertz CT molecular complexity index is 1290. The van der Waals surface area contributed by atoms with E-state index >= 15 is 0 Å². The summed E-state index contributed by atoms with van der Waals surface area (Å²) in [6.07, 6.45) is 1.29. The average Bonchev–Trinajstić information content (AvgIpc) is 3.22. The molecule has 3 heterocycles. The lowest BCUT2D eigenvalue weighted by Gasteiger charge is -2.41. The first kappa shape index (κ1) is 24.0. The van der Waals surface area contributed by atoms with Crippen molar-refractivity contribution in [1.82, 2.24) is 19.2 Å². The number of piperazine rings is 1. The van der Waals surface area contributed by atoms with Crippen LogP contribution in [0, 0.1) is 0 Å². The smallest absolute Gasteiger partial charge is 0.137 e. The maximum Gasteiger partial charge on any atom is 0.137 e. The van der Waals surface area contributed by atoms with E-state index in [2.05, 4.69) is 51.9 Å². The van der Waals surface area contributed by atoms with Crippen molar-refractivity contribution in [2.45, 2.75) is 32.2 Å². The summed E-state index contributed by atoms with van der Waals surface area (Å²) in [7, 11) is 0. The van der Waals surface area contributed by atoms with Gasteiger partial charge in [-0.3, -0.25) is 9.80 Å². The molecule has 6 nitrogen and oxygen atoms in total. The molecule has 182 valence electrons. The molecule has 1 aliphatic heterocycles. The fraction of sp³-hybridized carbons (Fsp3) is 0.321. The number of imidazole rings is 1. The molecule has 4 aromatic rings. The van der Waals surface area contributed by atoms with Crippen LogP contribution in [0.3, 0.4) is 0 Å². The van der Waals surface area contributed by atoms with E-state index in [4.69, 9.17) is 16.6 Å². The topological polar surface area (TPSA) is 64.2 Å². The normalized spacial score (nSPS) is 16.6. The van der Waals surface area contributed by atoms with E-state index in [9.17, 15) is 10.2 Å². The molecule has 1 unspecified atom stereocenters. The molecule has 1 atom stereocenters. The Hall–Kier alpha value is -2.74. The number of fused-ring (bicyclic) bond motifs is 1. The van der Waals surface area contributed by atoms with E-state index in [0.717, 1.165) is 53.4 Å². The Labute approximate surface area is 211 Å². The third-order valence-electron chi connectivity index (χ3n) is 6.70. The molecule has 2 aromatic carbocycles. The third-order valence-corrected chi connectivity index (χ3v) is 6.95. The number of nitrogens with zero attached hydrogens (tertiary/aromatic N) is 4. The Balaban J connectivity index is 1.48. The molecule has 35 heavy (non-hydrogen) atoms. The zero-order chi connectivity index (χ0) is 24.6. The van der Waals surface area contributed by atoms with Gasteiger partial charge in [0.05, 0.1) is 17.0 Å². The van der Waals surface area contributed by atoms with Gasteiger partial charge in [-0.15, -0.1) is 0 Å². The van der Waals surface area contributed by atoms with Crippen molar-refractivity contribution < 1.29 is 10.2 Å². The number of aliphatic hydroxyl groups is 2. The van der Waals surface area contributed by atoms with Crippen LogP contribution in [0.1, 0.15) is 19.5 Å². The van der Waals surface area contributed by atoms with E-state index in [-0.39, 0.29) is 0 Å². The van der Waals surface area contributed by atoms with Crippen molar-refractivity contribution >= 4 is 17.2 Å². The molecule has 0 bridgehead atoms. The van der Waals surface area contributed by atoms with Gasteiger partial charge in [0.2, 0.25) is 0 Å². The number of halogens is 1. The van der Waals surface area contributed by atoms with Crippen molar-refractivity contribution in [3.05, 3.63) is 83.6 Å². The largest absolute Gasteiger partial charge is 0.386 e. The minimum absolute atomic E-state index is 0.688. The monoisotopic (exact) mass is 490 g/mol. The Morgan fingerprint density at radius 2 is 1.54 bits per heavy atom. The summed E-state index contributed by atoms with van der Waals surface area (Å²) >= 11 is 6.16. The number of aliphatic hydroxyl groups excluding tert-OH is 1. The van der Waals surface area contributed by atoms with Crippen LogP contribution in [0.2, 0.25) is 5.02 Å². The predicted molar refractivity (Wildman–Crippen MR) is 140 cm³/mol. The first-order valence-electron chi connectivity index (χ1n) is 12.0. The van der Waals surface area contributed by atoms with E-state index in [1.807, 2.05) is 35.2 Å². The number of rotatable bonds is 6. The van der Waals surface area contributed by atoms with Gasteiger partial charge in [-0.05, 0) is 49.2 Å². The summed E-state index contributed by atoms with van der Waals surface area (Å²) in [4.78, 5) is 9.32. The fourth-order valence-electron chi connectivity index (χ4n) is 4.71. The molecule has 7 heteroatoms. The summed E-state index contributed by atoms with van der Waals surface area (Å²) < 4.78 is 2.20. The molecule has 0 amide bonds. The molecular formula is C28H31ClN4O2. The van der Waals surface area contributed by atoms with E-state index in [1.54, 1.807) is 13.8 Å². The first-order valence-corrected chi connectivity index (χ1v) is 12.4. The maximum absolute atomic E-state index is 10.5. The maximum atomic E-state index is 10.5. The Morgan fingerprint density at radius 3 is 2.20 bits per heavy atom. The van der Waals surface area contributed by atoms with Crippen molar-refractivity contribution in [2.24, 2.45) is 0 Å². The second kappa shape index (κ2) is 9.72. The molecule has 5 rings (SSSR count). The van der Waals surface area contributed by atoms with Crippen LogP contribution in [-0.2, 0) is 6.54 Å². The van der Waals surface area contributed by atoms with Crippen LogP contribution < -0.4 is 0 Å².